The van der Waals surface area contributed by atoms with Gasteiger partial charge in [-0.3, -0.25) is 14.3 Å². The van der Waals surface area contributed by atoms with Crippen LogP contribution in [0.4, 0.5) is 13.2 Å². The van der Waals surface area contributed by atoms with Crippen molar-refractivity contribution in [2.24, 2.45) is 11.7 Å². The van der Waals surface area contributed by atoms with Crippen LogP contribution in [0.15, 0.2) is 40.3 Å². The van der Waals surface area contributed by atoms with E-state index in [0.29, 0.717) is 19.6 Å². The molecule has 7 nitrogen and oxygen atoms in total. The molecule has 0 radical (unpaired) electrons. The predicted octanol–water partition coefficient (Wildman–Crippen LogP) is 4.34. The maximum atomic E-state index is 14.1. The largest absolute Gasteiger partial charge is 0.416 e. The number of alkyl halides is 3. The maximum absolute atomic E-state index is 14.1. The number of aromatic nitrogens is 2. The molecule has 2 aromatic carbocycles. The zero-order chi connectivity index (χ0) is 27.1. The Morgan fingerprint density at radius 3 is 2.54 bits per heavy atom. The molecule has 37 heavy (non-hydrogen) atoms. The van der Waals surface area contributed by atoms with E-state index < -0.39 is 27.1 Å². The van der Waals surface area contributed by atoms with Gasteiger partial charge < -0.3 is 5.73 Å². The van der Waals surface area contributed by atoms with Crippen LogP contribution in [0, 0.1) is 5.92 Å². The number of nitrogens with two attached hydrogens (primary N) is 1. The highest BCUT2D eigenvalue weighted by Crippen LogP contribution is 2.39. The lowest BCUT2D eigenvalue weighted by Gasteiger charge is -2.21. The van der Waals surface area contributed by atoms with E-state index in [1.165, 1.54) is 25.1 Å². The highest BCUT2D eigenvalue weighted by Gasteiger charge is 2.37. The molecule has 1 atom stereocenters. The summed E-state index contributed by atoms with van der Waals surface area (Å²) in [6.07, 6.45) is -2.83. The van der Waals surface area contributed by atoms with Crippen molar-refractivity contribution in [3.8, 4) is 0 Å². The summed E-state index contributed by atoms with van der Waals surface area (Å²) in [7, 11) is -3.65. The van der Waals surface area contributed by atoms with Crippen LogP contribution in [0.25, 0.3) is 10.9 Å². The third-order valence-electron chi connectivity index (χ3n) is 6.63. The van der Waals surface area contributed by atoms with E-state index in [-0.39, 0.29) is 61.7 Å². The van der Waals surface area contributed by atoms with E-state index in [2.05, 4.69) is 4.98 Å². The fourth-order valence-electron chi connectivity index (χ4n) is 4.61. The quantitative estimate of drug-likeness (QED) is 0.449. The summed E-state index contributed by atoms with van der Waals surface area (Å²) in [5, 5.41) is -0.299. The van der Waals surface area contributed by atoms with Gasteiger partial charge in [0, 0.05) is 18.1 Å². The molecule has 200 valence electrons. The van der Waals surface area contributed by atoms with Gasteiger partial charge in [0.1, 0.15) is 0 Å². The smallest absolute Gasteiger partial charge is 0.330 e. The van der Waals surface area contributed by atoms with Crippen LogP contribution >= 0.6 is 23.2 Å². The molecule has 0 saturated carbocycles. The lowest BCUT2D eigenvalue weighted by atomic mass is 10.0. The van der Waals surface area contributed by atoms with Crippen molar-refractivity contribution in [3.05, 3.63) is 67.7 Å². The fraction of sp³-hybridized carbons (Fsp3) is 0.417. The number of hydrogen-bond acceptors (Lipinski definition) is 6. The van der Waals surface area contributed by atoms with Gasteiger partial charge in [-0.05, 0) is 60.8 Å². The number of nitrogens with zero attached hydrogens (tertiary/aromatic N) is 3. The molecular formula is C24H25Cl2F3N4O3S. The van der Waals surface area contributed by atoms with Gasteiger partial charge >= 0.3 is 6.18 Å². The minimum Gasteiger partial charge on any atom is -0.330 e. The Kier molecular flexibility index (Phi) is 7.92. The molecule has 1 fully saturated rings. The van der Waals surface area contributed by atoms with Gasteiger partial charge in [-0.2, -0.15) is 13.2 Å². The Bertz CT molecular complexity index is 1510. The van der Waals surface area contributed by atoms with Crippen molar-refractivity contribution < 1.29 is 21.6 Å². The summed E-state index contributed by atoms with van der Waals surface area (Å²) in [6, 6.07) is 4.94. The minimum absolute atomic E-state index is 0.0165. The molecule has 1 aliphatic heterocycles. The number of hydrogen-bond donors (Lipinski definition) is 1. The Morgan fingerprint density at radius 2 is 1.92 bits per heavy atom. The number of likely N-dealkylation sites (tertiary alicyclic amines) is 1. The number of sulfone groups is 1. The van der Waals surface area contributed by atoms with E-state index in [9.17, 15) is 26.4 Å². The molecule has 4 rings (SSSR count). The molecule has 1 aliphatic rings. The lowest BCUT2D eigenvalue weighted by molar-refractivity contribution is -0.138. The summed E-state index contributed by atoms with van der Waals surface area (Å²) in [6.45, 7) is 2.76. The Labute approximate surface area is 221 Å². The van der Waals surface area contributed by atoms with Crippen molar-refractivity contribution >= 4 is 43.9 Å². The normalized spacial score (nSPS) is 17.1. The first-order valence-electron chi connectivity index (χ1n) is 11.6. The number of fused-ring (bicyclic) bond motifs is 1. The second kappa shape index (κ2) is 10.5. The van der Waals surface area contributed by atoms with E-state index in [1.54, 1.807) is 0 Å². The molecule has 0 unspecified atom stereocenters. The zero-order valence-corrected chi connectivity index (χ0v) is 22.2. The highest BCUT2D eigenvalue weighted by atomic mass is 35.5. The van der Waals surface area contributed by atoms with Gasteiger partial charge in [-0.25, -0.2) is 13.4 Å². The summed E-state index contributed by atoms with van der Waals surface area (Å²) in [4.78, 5) is 19.4. The summed E-state index contributed by atoms with van der Waals surface area (Å²) in [5.41, 5.74) is 3.95. The van der Waals surface area contributed by atoms with E-state index >= 15 is 0 Å². The molecule has 0 aliphatic carbocycles. The first kappa shape index (κ1) is 27.8. The van der Waals surface area contributed by atoms with Gasteiger partial charge in [-0.1, -0.05) is 30.1 Å². The van der Waals surface area contributed by atoms with Gasteiger partial charge in [0.15, 0.2) is 9.84 Å². The third-order valence-corrected chi connectivity index (χ3v) is 9.10. The van der Waals surface area contributed by atoms with Crippen molar-refractivity contribution in [1.82, 2.24) is 14.5 Å². The monoisotopic (exact) mass is 576 g/mol. The standard InChI is InChI=1S/C24H25Cl2F3N4O3S/c1-2-37(35,36)20-4-3-16(25)7-15(20)11-33-13-31-22-17(23(33)34)8-19(24(27,28)29)18(21(22)26)12-32-6-5-14(9-30)10-32/h3-4,7-8,13-14H,2,5-6,9-12,30H2,1H3/t14-/m0/s1. The van der Waals surface area contributed by atoms with Crippen LogP contribution < -0.4 is 11.3 Å². The summed E-state index contributed by atoms with van der Waals surface area (Å²) in [5.74, 6) is 0.0230. The van der Waals surface area contributed by atoms with Gasteiger partial charge in [0.2, 0.25) is 0 Å². The summed E-state index contributed by atoms with van der Waals surface area (Å²) < 4.78 is 68.5. The molecular weight excluding hydrogens is 552 g/mol. The van der Waals surface area contributed by atoms with Crippen molar-refractivity contribution in [1.29, 1.82) is 0 Å². The van der Waals surface area contributed by atoms with Crippen LogP contribution in [-0.2, 0) is 29.1 Å². The van der Waals surface area contributed by atoms with Gasteiger partial charge in [0.25, 0.3) is 5.56 Å². The predicted molar refractivity (Wildman–Crippen MR) is 137 cm³/mol. The molecule has 3 aromatic rings. The van der Waals surface area contributed by atoms with Crippen molar-refractivity contribution in [3.63, 3.8) is 0 Å². The average molecular weight is 577 g/mol. The van der Waals surface area contributed by atoms with E-state index in [4.69, 9.17) is 28.9 Å². The molecule has 0 spiro atoms. The van der Waals surface area contributed by atoms with Crippen molar-refractivity contribution in [2.45, 2.75) is 37.5 Å². The van der Waals surface area contributed by atoms with E-state index in [0.717, 1.165) is 23.4 Å². The van der Waals surface area contributed by atoms with Crippen LogP contribution in [0.5, 0.6) is 0 Å². The lowest BCUT2D eigenvalue weighted by Crippen LogP contribution is -2.26. The summed E-state index contributed by atoms with van der Waals surface area (Å²) >= 11 is 12.5. The van der Waals surface area contributed by atoms with Gasteiger partial charge in [0.05, 0.1) is 45.0 Å². The first-order valence-corrected chi connectivity index (χ1v) is 14.0. The van der Waals surface area contributed by atoms with Crippen LogP contribution in [-0.4, -0.2) is 48.3 Å². The third kappa shape index (κ3) is 5.65. The molecule has 2 heterocycles. The molecule has 0 bridgehead atoms. The molecule has 1 saturated heterocycles. The zero-order valence-electron chi connectivity index (χ0n) is 19.9. The second-order valence-electron chi connectivity index (χ2n) is 9.07. The average Bonchev–Trinajstić information content (AvgIpc) is 3.29. The Balaban J connectivity index is 1.82. The second-order valence-corrected chi connectivity index (χ2v) is 12.1. The molecule has 0 amide bonds. The van der Waals surface area contributed by atoms with Crippen LogP contribution in [0.1, 0.15) is 30.0 Å². The maximum Gasteiger partial charge on any atom is 0.416 e. The number of halogens is 5. The molecule has 13 heteroatoms. The topological polar surface area (TPSA) is 98.3 Å². The highest BCUT2D eigenvalue weighted by molar-refractivity contribution is 7.91. The fourth-order valence-corrected chi connectivity index (χ4v) is 6.23. The van der Waals surface area contributed by atoms with Gasteiger partial charge in [-0.15, -0.1) is 0 Å². The molecule has 2 N–H and O–H groups in total. The van der Waals surface area contributed by atoms with Crippen molar-refractivity contribution in [2.75, 3.05) is 25.4 Å². The number of benzene rings is 2. The first-order chi connectivity index (χ1) is 17.4. The number of rotatable bonds is 7. The molecule has 1 aromatic heterocycles. The van der Waals surface area contributed by atoms with E-state index in [1.807, 2.05) is 4.90 Å². The SMILES string of the molecule is CCS(=O)(=O)c1ccc(Cl)cc1Cn1cnc2c(Cl)c(CN3CC[C@@H](CN)C3)c(C(F)(F)F)cc2c1=O. The Hall–Kier alpha value is -2.18. The van der Waals surface area contributed by atoms with Crippen LogP contribution in [0.3, 0.4) is 0 Å². The minimum atomic E-state index is -4.76. The Morgan fingerprint density at radius 1 is 1.19 bits per heavy atom. The van der Waals surface area contributed by atoms with Crippen LogP contribution in [0.2, 0.25) is 10.0 Å².